The second-order valence-electron chi connectivity index (χ2n) is 14.5. The van der Waals surface area contributed by atoms with Crippen LogP contribution >= 0.6 is 11.3 Å². The van der Waals surface area contributed by atoms with Gasteiger partial charge in [-0.25, -0.2) is 0 Å². The minimum absolute atomic E-state index is 1.11. The second-order valence-corrected chi connectivity index (χ2v) is 15.6. The summed E-state index contributed by atoms with van der Waals surface area (Å²) in [6, 6.07) is 77.8. The number of anilines is 3. The summed E-state index contributed by atoms with van der Waals surface area (Å²) in [5, 5.41) is 10.2. The summed E-state index contributed by atoms with van der Waals surface area (Å²) in [7, 11) is 0. The first-order valence-corrected chi connectivity index (χ1v) is 20.0. The molecule has 0 saturated carbocycles. The lowest BCUT2D eigenvalue weighted by molar-refractivity contribution is 1.29. The molecule has 0 N–H and O–H groups in total. The fourth-order valence-electron chi connectivity index (χ4n) is 8.52. The molecule has 2 heteroatoms. The van der Waals surface area contributed by atoms with Crippen LogP contribution in [0.4, 0.5) is 17.1 Å². The molecule has 1 heterocycles. The van der Waals surface area contributed by atoms with Gasteiger partial charge in [0.2, 0.25) is 0 Å². The van der Waals surface area contributed by atoms with Crippen LogP contribution < -0.4 is 4.90 Å². The monoisotopic (exact) mass is 729 g/mol. The molecule has 0 aliphatic heterocycles. The molecule has 56 heavy (non-hydrogen) atoms. The lowest BCUT2D eigenvalue weighted by atomic mass is 9.93. The van der Waals surface area contributed by atoms with Crippen LogP contribution in [0.3, 0.4) is 0 Å². The van der Waals surface area contributed by atoms with Crippen molar-refractivity contribution in [2.45, 2.75) is 0 Å². The molecule has 0 aliphatic rings. The number of hydrogen-bond donors (Lipinski definition) is 0. The summed E-state index contributed by atoms with van der Waals surface area (Å²) in [6.45, 7) is 0. The van der Waals surface area contributed by atoms with Crippen molar-refractivity contribution in [2.24, 2.45) is 0 Å². The largest absolute Gasteiger partial charge is 0.310 e. The van der Waals surface area contributed by atoms with Crippen LogP contribution in [0.1, 0.15) is 0 Å². The van der Waals surface area contributed by atoms with E-state index in [1.807, 2.05) is 11.3 Å². The summed E-state index contributed by atoms with van der Waals surface area (Å²) < 4.78 is 2.59. The number of rotatable bonds is 6. The maximum Gasteiger partial charge on any atom is 0.0476 e. The van der Waals surface area contributed by atoms with Gasteiger partial charge in [-0.2, -0.15) is 0 Å². The Hall–Kier alpha value is -7.00. The summed E-state index contributed by atoms with van der Waals surface area (Å²) in [6.07, 6.45) is 0. The maximum atomic E-state index is 2.42. The molecule has 0 unspecified atom stereocenters. The molecular formula is C54H35NS. The Morgan fingerprint density at radius 1 is 0.268 bits per heavy atom. The van der Waals surface area contributed by atoms with Gasteiger partial charge < -0.3 is 4.90 Å². The van der Waals surface area contributed by atoms with Gasteiger partial charge in [-0.15, -0.1) is 11.3 Å². The molecule has 0 fully saturated rings. The zero-order chi connectivity index (χ0) is 37.0. The SMILES string of the molecule is c1ccc(-c2ccc(N(c3ccc(-c4cc5ccccc5c5ccccc45)cc3)c3ccc4c(c3)sc3cc5ccccc5cc34)cc2-c2ccccc2)cc1. The van der Waals surface area contributed by atoms with E-state index in [-0.39, 0.29) is 0 Å². The molecule has 1 nitrogen and oxygen atoms in total. The average Bonchev–Trinajstić information content (AvgIpc) is 3.62. The van der Waals surface area contributed by atoms with Gasteiger partial charge >= 0.3 is 0 Å². The summed E-state index contributed by atoms with van der Waals surface area (Å²) in [5.41, 5.74) is 10.6. The predicted octanol–water partition coefficient (Wildman–Crippen LogP) is 16.0. The number of nitrogens with zero attached hydrogens (tertiary/aromatic N) is 1. The van der Waals surface area contributed by atoms with Crippen LogP contribution in [0.5, 0.6) is 0 Å². The third-order valence-electron chi connectivity index (χ3n) is 11.2. The molecule has 0 amide bonds. The van der Waals surface area contributed by atoms with Crippen LogP contribution in [-0.2, 0) is 0 Å². The lowest BCUT2D eigenvalue weighted by Gasteiger charge is -2.27. The molecule has 10 aromatic carbocycles. The van der Waals surface area contributed by atoms with Crippen molar-refractivity contribution < 1.29 is 0 Å². The Labute approximate surface area is 330 Å². The van der Waals surface area contributed by atoms with Gasteiger partial charge in [-0.05, 0) is 120 Å². The van der Waals surface area contributed by atoms with Crippen molar-refractivity contribution in [1.29, 1.82) is 0 Å². The van der Waals surface area contributed by atoms with Gasteiger partial charge in [0.25, 0.3) is 0 Å². The topological polar surface area (TPSA) is 3.24 Å². The van der Waals surface area contributed by atoms with Crippen LogP contribution in [0.15, 0.2) is 212 Å². The number of fused-ring (bicyclic) bond motifs is 7. The Morgan fingerprint density at radius 3 is 1.55 bits per heavy atom. The van der Waals surface area contributed by atoms with E-state index in [2.05, 4.69) is 217 Å². The van der Waals surface area contributed by atoms with Gasteiger partial charge in [0.15, 0.2) is 0 Å². The molecule has 0 saturated heterocycles. The lowest BCUT2D eigenvalue weighted by Crippen LogP contribution is -2.10. The van der Waals surface area contributed by atoms with Gasteiger partial charge in [-0.3, -0.25) is 0 Å². The van der Waals surface area contributed by atoms with Crippen LogP contribution in [0.25, 0.3) is 85.9 Å². The highest BCUT2D eigenvalue weighted by molar-refractivity contribution is 7.25. The molecule has 11 aromatic rings. The van der Waals surface area contributed by atoms with Gasteiger partial charge in [-0.1, -0.05) is 158 Å². The van der Waals surface area contributed by atoms with E-state index < -0.39 is 0 Å². The molecule has 262 valence electrons. The zero-order valence-electron chi connectivity index (χ0n) is 30.6. The van der Waals surface area contributed by atoms with Crippen molar-refractivity contribution in [3.63, 3.8) is 0 Å². The van der Waals surface area contributed by atoms with Crippen LogP contribution in [0.2, 0.25) is 0 Å². The predicted molar refractivity (Wildman–Crippen MR) is 243 cm³/mol. The van der Waals surface area contributed by atoms with Crippen molar-refractivity contribution in [2.75, 3.05) is 4.90 Å². The Bertz CT molecular complexity index is 3230. The number of hydrogen-bond acceptors (Lipinski definition) is 2. The Kier molecular flexibility index (Phi) is 7.75. The minimum Gasteiger partial charge on any atom is -0.310 e. The van der Waals surface area contributed by atoms with E-state index >= 15 is 0 Å². The quantitative estimate of drug-likeness (QED) is 0.154. The summed E-state index contributed by atoms with van der Waals surface area (Å²) in [4.78, 5) is 2.42. The normalized spacial score (nSPS) is 11.6. The Morgan fingerprint density at radius 2 is 0.804 bits per heavy atom. The van der Waals surface area contributed by atoms with Crippen molar-refractivity contribution in [3.05, 3.63) is 212 Å². The fraction of sp³-hybridized carbons (Fsp3) is 0. The van der Waals surface area contributed by atoms with Gasteiger partial charge in [0.05, 0.1) is 0 Å². The van der Waals surface area contributed by atoms with Crippen LogP contribution in [-0.4, -0.2) is 0 Å². The molecule has 0 aliphatic carbocycles. The van der Waals surface area contributed by atoms with Crippen molar-refractivity contribution >= 4 is 80.9 Å². The highest BCUT2D eigenvalue weighted by Gasteiger charge is 2.19. The number of benzene rings is 10. The molecule has 0 radical (unpaired) electrons. The Balaban J connectivity index is 1.10. The van der Waals surface area contributed by atoms with E-state index in [4.69, 9.17) is 0 Å². The highest BCUT2D eigenvalue weighted by Crippen LogP contribution is 2.45. The fourth-order valence-corrected chi connectivity index (χ4v) is 9.69. The molecular weight excluding hydrogens is 695 g/mol. The van der Waals surface area contributed by atoms with Crippen molar-refractivity contribution in [3.8, 4) is 33.4 Å². The molecule has 11 rings (SSSR count). The summed E-state index contributed by atoms with van der Waals surface area (Å²) >= 11 is 1.87. The zero-order valence-corrected chi connectivity index (χ0v) is 31.4. The van der Waals surface area contributed by atoms with E-state index in [1.54, 1.807) is 0 Å². The van der Waals surface area contributed by atoms with Crippen molar-refractivity contribution in [1.82, 2.24) is 0 Å². The van der Waals surface area contributed by atoms with E-state index in [9.17, 15) is 0 Å². The molecule has 0 spiro atoms. The van der Waals surface area contributed by atoms with Crippen LogP contribution in [0, 0.1) is 0 Å². The molecule has 1 aromatic heterocycles. The first-order valence-electron chi connectivity index (χ1n) is 19.2. The number of thiophene rings is 1. The van der Waals surface area contributed by atoms with E-state index in [0.29, 0.717) is 0 Å². The maximum absolute atomic E-state index is 2.42. The average molecular weight is 730 g/mol. The third-order valence-corrected chi connectivity index (χ3v) is 12.3. The second kappa shape index (κ2) is 13.4. The minimum atomic E-state index is 1.11. The summed E-state index contributed by atoms with van der Waals surface area (Å²) in [5.74, 6) is 0. The molecule has 0 atom stereocenters. The van der Waals surface area contributed by atoms with E-state index in [1.165, 1.54) is 85.9 Å². The van der Waals surface area contributed by atoms with E-state index in [0.717, 1.165) is 17.1 Å². The smallest absolute Gasteiger partial charge is 0.0476 e. The molecule has 0 bridgehead atoms. The first-order chi connectivity index (χ1) is 27.7. The highest BCUT2D eigenvalue weighted by atomic mass is 32.1. The van der Waals surface area contributed by atoms with Gasteiger partial charge in [0.1, 0.15) is 0 Å². The van der Waals surface area contributed by atoms with Gasteiger partial charge in [0, 0.05) is 37.2 Å². The standard InChI is InChI=1S/C54H35NS/c1-3-13-36(14-4-1)46-29-27-43(34-51(46)37-15-5-2-6-16-37)55(44-28-30-49-52-31-39-17-7-8-18-40(39)33-53(52)56-54(49)35-44)42-25-23-38(24-26-42)50-32-41-19-9-10-20-45(41)47-21-11-12-22-48(47)50/h1-35H. The third kappa shape index (κ3) is 5.54. The first kappa shape index (κ1) is 32.4.